The minimum absolute atomic E-state index is 0.0463. The van der Waals surface area contributed by atoms with Crippen molar-refractivity contribution in [2.24, 2.45) is 0 Å². The molecule has 0 unspecified atom stereocenters. The number of carbonyl (C=O) groups excluding carboxylic acids is 2. The summed E-state index contributed by atoms with van der Waals surface area (Å²) in [4.78, 5) is 26.9. The number of halogens is 1. The standard InChI is InChI=1S/C17H13ClN2O2/c1-10(21)11-3-2-4-13(7-11)20-17(22)15-9-19-16-6-5-12(18)8-14(15)16/h2-9,19H,1H3,(H,20,22). The molecule has 3 aromatic rings. The molecule has 22 heavy (non-hydrogen) atoms. The van der Waals surface area contributed by atoms with Crippen molar-refractivity contribution in [3.63, 3.8) is 0 Å². The molecule has 0 aliphatic heterocycles. The van der Waals surface area contributed by atoms with Gasteiger partial charge in [0.25, 0.3) is 5.91 Å². The van der Waals surface area contributed by atoms with Gasteiger partial charge >= 0.3 is 0 Å². The van der Waals surface area contributed by atoms with Crippen LogP contribution in [0.2, 0.25) is 5.02 Å². The third-order valence-corrected chi connectivity index (χ3v) is 3.65. The number of hydrogen-bond acceptors (Lipinski definition) is 2. The molecule has 5 heteroatoms. The Morgan fingerprint density at radius 1 is 1.14 bits per heavy atom. The van der Waals surface area contributed by atoms with Gasteiger partial charge < -0.3 is 10.3 Å². The van der Waals surface area contributed by atoms with Gasteiger partial charge in [0.05, 0.1) is 5.56 Å². The van der Waals surface area contributed by atoms with Crippen LogP contribution in [0.3, 0.4) is 0 Å². The minimum Gasteiger partial charge on any atom is -0.360 e. The predicted molar refractivity (Wildman–Crippen MR) is 87.7 cm³/mol. The van der Waals surface area contributed by atoms with Gasteiger partial charge in [0, 0.05) is 33.4 Å². The molecule has 1 heterocycles. The molecular weight excluding hydrogens is 300 g/mol. The number of benzene rings is 2. The fourth-order valence-electron chi connectivity index (χ4n) is 2.30. The smallest absolute Gasteiger partial charge is 0.257 e. The molecule has 2 aromatic carbocycles. The average molecular weight is 313 g/mol. The minimum atomic E-state index is -0.255. The number of amides is 1. The van der Waals surface area contributed by atoms with Crippen LogP contribution in [-0.4, -0.2) is 16.7 Å². The average Bonchev–Trinajstić information content (AvgIpc) is 2.90. The highest BCUT2D eigenvalue weighted by Gasteiger charge is 2.13. The van der Waals surface area contributed by atoms with Crippen LogP contribution >= 0.6 is 11.6 Å². The van der Waals surface area contributed by atoms with Crippen molar-refractivity contribution in [2.45, 2.75) is 6.92 Å². The maximum Gasteiger partial charge on any atom is 0.257 e. The summed E-state index contributed by atoms with van der Waals surface area (Å²) in [5, 5.41) is 4.12. The molecule has 1 amide bonds. The number of anilines is 1. The maximum absolute atomic E-state index is 12.4. The number of carbonyl (C=O) groups is 2. The van der Waals surface area contributed by atoms with E-state index in [1.165, 1.54) is 6.92 Å². The second-order valence-corrected chi connectivity index (χ2v) is 5.42. The Bertz CT molecular complexity index is 883. The van der Waals surface area contributed by atoms with Crippen molar-refractivity contribution in [3.05, 3.63) is 64.8 Å². The molecule has 1 aromatic heterocycles. The Morgan fingerprint density at radius 3 is 2.73 bits per heavy atom. The highest BCUT2D eigenvalue weighted by molar-refractivity contribution is 6.31. The summed E-state index contributed by atoms with van der Waals surface area (Å²) in [5.41, 5.74) is 2.48. The highest BCUT2D eigenvalue weighted by atomic mass is 35.5. The second kappa shape index (κ2) is 5.66. The zero-order chi connectivity index (χ0) is 15.7. The van der Waals surface area contributed by atoms with Crippen LogP contribution in [0.1, 0.15) is 27.6 Å². The first-order valence-electron chi connectivity index (χ1n) is 6.73. The van der Waals surface area contributed by atoms with Gasteiger partial charge in [-0.2, -0.15) is 0 Å². The van der Waals surface area contributed by atoms with Crippen LogP contribution in [0.4, 0.5) is 5.69 Å². The third-order valence-electron chi connectivity index (χ3n) is 3.42. The fraction of sp³-hybridized carbons (Fsp3) is 0.0588. The van der Waals surface area contributed by atoms with Crippen LogP contribution in [0.15, 0.2) is 48.7 Å². The number of aromatic amines is 1. The number of hydrogen-bond donors (Lipinski definition) is 2. The van der Waals surface area contributed by atoms with Gasteiger partial charge in [0.2, 0.25) is 0 Å². The molecule has 110 valence electrons. The van der Waals surface area contributed by atoms with Crippen molar-refractivity contribution in [1.29, 1.82) is 0 Å². The van der Waals surface area contributed by atoms with E-state index in [9.17, 15) is 9.59 Å². The Labute approximate surface area is 132 Å². The molecule has 0 aliphatic rings. The maximum atomic E-state index is 12.4. The molecule has 0 radical (unpaired) electrons. The highest BCUT2D eigenvalue weighted by Crippen LogP contribution is 2.23. The van der Waals surface area contributed by atoms with Crippen molar-refractivity contribution in [2.75, 3.05) is 5.32 Å². The molecular formula is C17H13ClN2O2. The van der Waals surface area contributed by atoms with E-state index in [1.54, 1.807) is 42.6 Å². The number of fused-ring (bicyclic) bond motifs is 1. The summed E-state index contributed by atoms with van der Waals surface area (Å²) in [7, 11) is 0. The number of Topliss-reactive ketones (excluding diaryl/α,β-unsaturated/α-hetero) is 1. The Hall–Kier alpha value is -2.59. The molecule has 0 spiro atoms. The molecule has 0 bridgehead atoms. The first kappa shape index (κ1) is 14.4. The summed E-state index contributed by atoms with van der Waals surface area (Å²) >= 11 is 5.98. The van der Waals surface area contributed by atoms with Crippen molar-refractivity contribution in [3.8, 4) is 0 Å². The van der Waals surface area contributed by atoms with E-state index in [-0.39, 0.29) is 11.7 Å². The van der Waals surface area contributed by atoms with Crippen molar-refractivity contribution in [1.82, 2.24) is 4.98 Å². The fourth-order valence-corrected chi connectivity index (χ4v) is 2.47. The lowest BCUT2D eigenvalue weighted by atomic mass is 10.1. The molecule has 0 aliphatic carbocycles. The van der Waals surface area contributed by atoms with E-state index >= 15 is 0 Å². The van der Waals surface area contributed by atoms with Gasteiger partial charge in [-0.1, -0.05) is 23.7 Å². The van der Waals surface area contributed by atoms with Crippen LogP contribution in [0.25, 0.3) is 10.9 Å². The first-order valence-corrected chi connectivity index (χ1v) is 7.11. The number of aromatic nitrogens is 1. The summed E-state index contributed by atoms with van der Waals surface area (Å²) in [6.45, 7) is 1.49. The SMILES string of the molecule is CC(=O)c1cccc(NC(=O)c2c[nH]c3ccc(Cl)cc23)c1. The van der Waals surface area contributed by atoms with Gasteiger partial charge in [0.15, 0.2) is 5.78 Å². The zero-order valence-electron chi connectivity index (χ0n) is 11.8. The summed E-state index contributed by atoms with van der Waals surface area (Å²) in [6.07, 6.45) is 1.64. The van der Waals surface area contributed by atoms with Crippen LogP contribution < -0.4 is 5.32 Å². The Morgan fingerprint density at radius 2 is 1.95 bits per heavy atom. The van der Waals surface area contributed by atoms with E-state index in [1.807, 2.05) is 6.07 Å². The Kier molecular flexibility index (Phi) is 3.69. The lowest BCUT2D eigenvalue weighted by Crippen LogP contribution is -2.11. The molecule has 2 N–H and O–H groups in total. The monoisotopic (exact) mass is 312 g/mol. The lowest BCUT2D eigenvalue weighted by molar-refractivity contribution is 0.101. The molecule has 3 rings (SSSR count). The molecule has 0 saturated carbocycles. The van der Waals surface area contributed by atoms with Gasteiger partial charge in [-0.25, -0.2) is 0 Å². The second-order valence-electron chi connectivity index (χ2n) is 4.98. The molecule has 4 nitrogen and oxygen atoms in total. The van der Waals surface area contributed by atoms with E-state index in [2.05, 4.69) is 10.3 Å². The number of H-pyrrole nitrogens is 1. The Balaban J connectivity index is 1.92. The molecule has 0 saturated heterocycles. The number of nitrogens with one attached hydrogen (secondary N) is 2. The lowest BCUT2D eigenvalue weighted by Gasteiger charge is -2.06. The van der Waals surface area contributed by atoms with Crippen LogP contribution in [0, 0.1) is 0 Å². The van der Waals surface area contributed by atoms with E-state index in [0.717, 1.165) is 10.9 Å². The summed E-state index contributed by atoms with van der Waals surface area (Å²) in [6, 6.07) is 12.2. The van der Waals surface area contributed by atoms with Crippen LogP contribution in [0.5, 0.6) is 0 Å². The van der Waals surface area contributed by atoms with E-state index in [4.69, 9.17) is 11.6 Å². The number of ketones is 1. The van der Waals surface area contributed by atoms with Crippen LogP contribution in [-0.2, 0) is 0 Å². The van der Waals surface area contributed by atoms with Crippen molar-refractivity contribution < 1.29 is 9.59 Å². The van der Waals surface area contributed by atoms with Gasteiger partial charge in [-0.3, -0.25) is 9.59 Å². The van der Waals surface area contributed by atoms with Crippen molar-refractivity contribution >= 4 is 39.9 Å². The van der Waals surface area contributed by atoms with E-state index in [0.29, 0.717) is 21.8 Å². The molecule has 0 fully saturated rings. The normalized spacial score (nSPS) is 10.6. The summed E-state index contributed by atoms with van der Waals surface area (Å²) < 4.78 is 0. The first-order chi connectivity index (χ1) is 10.5. The summed E-state index contributed by atoms with van der Waals surface area (Å²) in [5.74, 6) is -0.302. The van der Waals surface area contributed by atoms with Gasteiger partial charge in [-0.15, -0.1) is 0 Å². The van der Waals surface area contributed by atoms with Gasteiger partial charge in [-0.05, 0) is 37.3 Å². The quantitative estimate of drug-likeness (QED) is 0.709. The zero-order valence-corrected chi connectivity index (χ0v) is 12.6. The predicted octanol–water partition coefficient (Wildman–Crippen LogP) is 4.28. The topological polar surface area (TPSA) is 62.0 Å². The van der Waals surface area contributed by atoms with E-state index < -0.39 is 0 Å². The third kappa shape index (κ3) is 2.73. The van der Waals surface area contributed by atoms with Gasteiger partial charge in [0.1, 0.15) is 0 Å². The number of rotatable bonds is 3. The largest absolute Gasteiger partial charge is 0.360 e. The molecule has 0 atom stereocenters.